The molecular weight excluding hydrogens is 362 g/mol. The van der Waals surface area contributed by atoms with Crippen LogP contribution in [0.15, 0.2) is 53.6 Å². The number of aromatic amines is 1. The second kappa shape index (κ2) is 7.24. The molecule has 2 aromatic carbocycles. The van der Waals surface area contributed by atoms with Gasteiger partial charge in [-0.05, 0) is 29.3 Å². The molecule has 0 saturated carbocycles. The van der Waals surface area contributed by atoms with E-state index in [1.54, 1.807) is 18.2 Å². The highest BCUT2D eigenvalue weighted by Crippen LogP contribution is 2.25. The Morgan fingerprint density at radius 2 is 1.85 bits per heavy atom. The van der Waals surface area contributed by atoms with Crippen molar-refractivity contribution in [3.8, 4) is 11.4 Å². The number of nitrogens with zero attached hydrogens (tertiary/aromatic N) is 4. The van der Waals surface area contributed by atoms with Crippen LogP contribution in [0.5, 0.6) is 0 Å². The van der Waals surface area contributed by atoms with Gasteiger partial charge in [0.15, 0.2) is 5.82 Å². The highest BCUT2D eigenvalue weighted by Gasteiger charge is 2.15. The highest BCUT2D eigenvalue weighted by molar-refractivity contribution is 7.71. The fourth-order valence-electron chi connectivity index (χ4n) is 2.59. The number of aromatic nitrogens is 3. The van der Waals surface area contributed by atoms with E-state index >= 15 is 0 Å². The Labute approximate surface area is 161 Å². The van der Waals surface area contributed by atoms with Crippen LogP contribution in [0.1, 0.15) is 31.9 Å². The van der Waals surface area contributed by atoms with Crippen LogP contribution in [0, 0.1) is 14.9 Å². The second-order valence-corrected chi connectivity index (χ2v) is 7.44. The Kier molecular flexibility index (Phi) is 5.00. The van der Waals surface area contributed by atoms with E-state index in [4.69, 9.17) is 12.2 Å². The van der Waals surface area contributed by atoms with Crippen molar-refractivity contribution < 1.29 is 4.92 Å². The van der Waals surface area contributed by atoms with Gasteiger partial charge in [0.1, 0.15) is 0 Å². The van der Waals surface area contributed by atoms with Gasteiger partial charge in [-0.25, -0.2) is 5.10 Å². The lowest BCUT2D eigenvalue weighted by Gasteiger charge is -2.18. The molecule has 0 unspecified atom stereocenters. The van der Waals surface area contributed by atoms with Crippen LogP contribution in [0.3, 0.4) is 0 Å². The molecule has 0 saturated heterocycles. The van der Waals surface area contributed by atoms with E-state index in [1.807, 2.05) is 24.3 Å². The first-order chi connectivity index (χ1) is 12.8. The lowest BCUT2D eigenvalue weighted by Crippen LogP contribution is -2.10. The first-order valence-electron chi connectivity index (χ1n) is 8.33. The van der Waals surface area contributed by atoms with Gasteiger partial charge >= 0.3 is 0 Å². The number of para-hydroxylation sites is 1. The Bertz CT molecular complexity index is 1060. The molecule has 0 aliphatic rings. The number of nitro benzene ring substituents is 1. The zero-order valence-electron chi connectivity index (χ0n) is 15.2. The van der Waals surface area contributed by atoms with Crippen molar-refractivity contribution in [2.24, 2.45) is 5.10 Å². The van der Waals surface area contributed by atoms with Gasteiger partial charge in [-0.15, -0.1) is 0 Å². The molecule has 0 bridgehead atoms. The van der Waals surface area contributed by atoms with Crippen molar-refractivity contribution in [3.05, 3.63) is 74.5 Å². The van der Waals surface area contributed by atoms with Crippen molar-refractivity contribution in [3.63, 3.8) is 0 Å². The first-order valence-corrected chi connectivity index (χ1v) is 8.74. The Morgan fingerprint density at radius 3 is 2.48 bits per heavy atom. The van der Waals surface area contributed by atoms with Crippen LogP contribution in [-0.2, 0) is 5.41 Å². The number of hydrogen-bond donors (Lipinski definition) is 1. The van der Waals surface area contributed by atoms with Gasteiger partial charge in [-0.1, -0.05) is 57.2 Å². The summed E-state index contributed by atoms with van der Waals surface area (Å²) in [4.78, 5) is 10.7. The SMILES string of the molecule is CC(C)(C)c1ccc(-c2n[nH]c(=S)n2N=Cc2ccccc2[N+](=O)[O-])cc1. The third-order valence-corrected chi connectivity index (χ3v) is 4.37. The molecule has 7 nitrogen and oxygen atoms in total. The van der Waals surface area contributed by atoms with E-state index in [0.29, 0.717) is 16.2 Å². The van der Waals surface area contributed by atoms with Gasteiger partial charge in [0.25, 0.3) is 5.69 Å². The predicted molar refractivity (Wildman–Crippen MR) is 108 cm³/mol. The van der Waals surface area contributed by atoms with Crippen LogP contribution in [0.25, 0.3) is 11.4 Å². The molecule has 0 radical (unpaired) electrons. The standard InChI is InChI=1S/C19H19N5O2S/c1-19(2,3)15-10-8-13(9-11-15)17-21-22-18(27)23(17)20-12-14-6-4-5-7-16(14)24(25)26/h4-12H,1-3H3,(H,22,27). The summed E-state index contributed by atoms with van der Waals surface area (Å²) < 4.78 is 1.76. The van der Waals surface area contributed by atoms with Crippen molar-refractivity contribution in [2.45, 2.75) is 26.2 Å². The largest absolute Gasteiger partial charge is 0.278 e. The molecule has 0 aliphatic heterocycles. The number of benzene rings is 2. The zero-order chi connectivity index (χ0) is 19.6. The van der Waals surface area contributed by atoms with Crippen LogP contribution >= 0.6 is 12.2 Å². The average molecular weight is 381 g/mol. The minimum absolute atomic E-state index is 0.0210. The van der Waals surface area contributed by atoms with E-state index < -0.39 is 4.92 Å². The number of H-pyrrole nitrogens is 1. The maximum atomic E-state index is 11.1. The van der Waals surface area contributed by atoms with Crippen LogP contribution in [-0.4, -0.2) is 26.0 Å². The minimum Gasteiger partial charge on any atom is -0.258 e. The lowest BCUT2D eigenvalue weighted by molar-refractivity contribution is -0.385. The van der Waals surface area contributed by atoms with Gasteiger partial charge < -0.3 is 0 Å². The highest BCUT2D eigenvalue weighted by atomic mass is 32.1. The molecule has 0 aliphatic carbocycles. The summed E-state index contributed by atoms with van der Waals surface area (Å²) in [6, 6.07) is 14.4. The van der Waals surface area contributed by atoms with Gasteiger partial charge in [0.2, 0.25) is 4.77 Å². The normalized spacial score (nSPS) is 11.8. The second-order valence-electron chi connectivity index (χ2n) is 7.05. The van der Waals surface area contributed by atoms with Gasteiger partial charge in [0.05, 0.1) is 16.7 Å². The number of hydrogen-bond acceptors (Lipinski definition) is 5. The fraction of sp³-hybridized carbons (Fsp3) is 0.211. The molecule has 3 aromatic rings. The number of nitro groups is 1. The lowest BCUT2D eigenvalue weighted by atomic mass is 9.87. The van der Waals surface area contributed by atoms with Crippen molar-refractivity contribution >= 4 is 24.1 Å². The average Bonchev–Trinajstić information content (AvgIpc) is 3.00. The van der Waals surface area contributed by atoms with Gasteiger partial charge in [-0.2, -0.15) is 14.9 Å². The summed E-state index contributed by atoms with van der Waals surface area (Å²) in [6.07, 6.45) is 1.41. The van der Waals surface area contributed by atoms with Crippen molar-refractivity contribution in [1.82, 2.24) is 14.9 Å². The Balaban J connectivity index is 1.99. The molecule has 1 aromatic heterocycles. The van der Waals surface area contributed by atoms with Gasteiger partial charge in [0, 0.05) is 11.6 Å². The Morgan fingerprint density at radius 1 is 1.19 bits per heavy atom. The summed E-state index contributed by atoms with van der Waals surface area (Å²) in [5.41, 5.74) is 2.46. The zero-order valence-corrected chi connectivity index (χ0v) is 16.0. The molecule has 27 heavy (non-hydrogen) atoms. The smallest absolute Gasteiger partial charge is 0.258 e. The van der Waals surface area contributed by atoms with E-state index in [2.05, 4.69) is 36.1 Å². The molecular formula is C19H19N5O2S. The third-order valence-electron chi connectivity index (χ3n) is 4.11. The molecule has 0 fully saturated rings. The summed E-state index contributed by atoms with van der Waals surface area (Å²) >= 11 is 5.25. The molecule has 138 valence electrons. The van der Waals surface area contributed by atoms with Gasteiger partial charge in [-0.3, -0.25) is 10.1 Å². The Hall–Kier alpha value is -3.13. The summed E-state index contributed by atoms with van der Waals surface area (Å²) in [5, 5.41) is 22.4. The molecule has 1 heterocycles. The quantitative estimate of drug-likeness (QED) is 0.307. The summed E-state index contributed by atoms with van der Waals surface area (Å²) in [7, 11) is 0. The van der Waals surface area contributed by atoms with E-state index in [1.165, 1.54) is 22.5 Å². The molecule has 3 rings (SSSR count). The molecule has 1 N–H and O–H groups in total. The third kappa shape index (κ3) is 4.01. The molecule has 8 heteroatoms. The molecule has 0 spiro atoms. The van der Waals surface area contributed by atoms with Crippen molar-refractivity contribution in [1.29, 1.82) is 0 Å². The maximum Gasteiger partial charge on any atom is 0.278 e. The van der Waals surface area contributed by atoms with E-state index in [-0.39, 0.29) is 11.1 Å². The summed E-state index contributed by atoms with van der Waals surface area (Å²) in [5.74, 6) is 0.537. The van der Waals surface area contributed by atoms with E-state index in [9.17, 15) is 10.1 Å². The van der Waals surface area contributed by atoms with Crippen molar-refractivity contribution in [2.75, 3.05) is 0 Å². The monoisotopic (exact) mass is 381 g/mol. The van der Waals surface area contributed by atoms with Crippen LogP contribution in [0.4, 0.5) is 5.69 Å². The van der Waals surface area contributed by atoms with E-state index in [0.717, 1.165) is 5.56 Å². The van der Waals surface area contributed by atoms with Crippen LogP contribution in [0.2, 0.25) is 0 Å². The summed E-state index contributed by atoms with van der Waals surface area (Å²) in [6.45, 7) is 6.44. The maximum absolute atomic E-state index is 11.1. The topological polar surface area (TPSA) is 89.1 Å². The molecule has 0 amide bonds. The number of nitrogens with one attached hydrogen (secondary N) is 1. The predicted octanol–water partition coefficient (Wildman–Crippen LogP) is 4.70. The van der Waals surface area contributed by atoms with Crippen LogP contribution < -0.4 is 0 Å². The fourth-order valence-corrected chi connectivity index (χ4v) is 2.77. The molecule has 0 atom stereocenters. The minimum atomic E-state index is -0.442. The first kappa shape index (κ1) is 18.7. The number of rotatable bonds is 4.